The van der Waals surface area contributed by atoms with Gasteiger partial charge in [0.15, 0.2) is 5.69 Å². The zero-order valence-corrected chi connectivity index (χ0v) is 16.8. The lowest BCUT2D eigenvalue weighted by Gasteiger charge is -2.13. The third kappa shape index (κ3) is 4.01. The van der Waals surface area contributed by atoms with Crippen LogP contribution in [-0.2, 0) is 11.3 Å². The summed E-state index contributed by atoms with van der Waals surface area (Å²) in [5.41, 5.74) is 1.85. The lowest BCUT2D eigenvalue weighted by atomic mass is 10.2. The van der Waals surface area contributed by atoms with Crippen LogP contribution in [0.5, 0.6) is 0 Å². The Kier molecular flexibility index (Phi) is 5.33. The fourth-order valence-corrected chi connectivity index (χ4v) is 3.26. The highest BCUT2D eigenvalue weighted by Gasteiger charge is 2.28. The van der Waals surface area contributed by atoms with Crippen LogP contribution in [0.15, 0.2) is 48.5 Å². The molecule has 0 aliphatic carbocycles. The van der Waals surface area contributed by atoms with Crippen LogP contribution in [0.25, 0.3) is 5.69 Å². The lowest BCUT2D eigenvalue weighted by Crippen LogP contribution is -2.30. The highest BCUT2D eigenvalue weighted by atomic mass is 16.6. The van der Waals surface area contributed by atoms with Crippen molar-refractivity contribution >= 4 is 29.2 Å². The number of carbonyl (C=O) groups excluding carboxylic acids is 3. The van der Waals surface area contributed by atoms with Crippen molar-refractivity contribution in [1.29, 1.82) is 0 Å². The number of aromatic nitrogens is 3. The maximum atomic E-state index is 12.8. The van der Waals surface area contributed by atoms with E-state index in [2.05, 4.69) is 20.9 Å². The van der Waals surface area contributed by atoms with Gasteiger partial charge in [0.2, 0.25) is 5.91 Å². The van der Waals surface area contributed by atoms with Crippen molar-refractivity contribution in [2.45, 2.75) is 13.5 Å². The predicted molar refractivity (Wildman–Crippen MR) is 111 cm³/mol. The van der Waals surface area contributed by atoms with E-state index in [1.807, 2.05) is 0 Å². The maximum Gasteiger partial charge on any atom is 0.324 e. The second-order valence-corrected chi connectivity index (χ2v) is 7.01. The van der Waals surface area contributed by atoms with Gasteiger partial charge in [-0.05, 0) is 30.7 Å². The van der Waals surface area contributed by atoms with Gasteiger partial charge in [-0.15, -0.1) is 5.10 Å². The minimum Gasteiger partial charge on any atom is -0.329 e. The summed E-state index contributed by atoms with van der Waals surface area (Å²) in [4.78, 5) is 47.8. The molecular weight excluding hydrogens is 418 g/mol. The SMILES string of the molecule is Cc1c(C(=O)Nc2cccc(CN3C(=O)CNC3=O)c2)nnn1-c1cccc([N+](=O)[O-])c1. The Bertz CT molecular complexity index is 1240. The Morgan fingerprint density at radius 3 is 2.72 bits per heavy atom. The van der Waals surface area contributed by atoms with Crippen molar-refractivity contribution in [3.8, 4) is 5.69 Å². The molecule has 0 radical (unpaired) electrons. The molecular formula is C20H17N7O5. The molecule has 1 fully saturated rings. The fraction of sp³-hybridized carbons (Fsp3) is 0.150. The van der Waals surface area contributed by atoms with Crippen LogP contribution >= 0.6 is 0 Å². The van der Waals surface area contributed by atoms with Crippen molar-refractivity contribution in [2.24, 2.45) is 0 Å². The van der Waals surface area contributed by atoms with Crippen LogP contribution < -0.4 is 10.6 Å². The Labute approximate surface area is 181 Å². The van der Waals surface area contributed by atoms with Crippen molar-refractivity contribution in [1.82, 2.24) is 25.2 Å². The molecule has 0 atom stereocenters. The van der Waals surface area contributed by atoms with Crippen molar-refractivity contribution < 1.29 is 19.3 Å². The molecule has 1 aromatic heterocycles. The minimum absolute atomic E-state index is 0.0330. The molecule has 4 rings (SSSR count). The summed E-state index contributed by atoms with van der Waals surface area (Å²) in [6, 6.07) is 12.1. The summed E-state index contributed by atoms with van der Waals surface area (Å²) in [5, 5.41) is 24.0. The first-order chi connectivity index (χ1) is 15.3. The molecule has 1 aliphatic heterocycles. The van der Waals surface area contributed by atoms with Gasteiger partial charge < -0.3 is 10.6 Å². The summed E-state index contributed by atoms with van der Waals surface area (Å²) in [6.45, 7) is 1.67. The molecule has 0 spiro atoms. The largest absolute Gasteiger partial charge is 0.329 e. The molecule has 0 unspecified atom stereocenters. The van der Waals surface area contributed by atoms with E-state index in [9.17, 15) is 24.5 Å². The van der Waals surface area contributed by atoms with E-state index in [1.165, 1.54) is 22.9 Å². The number of urea groups is 1. The highest BCUT2D eigenvalue weighted by molar-refractivity contribution is 6.04. The van der Waals surface area contributed by atoms with Gasteiger partial charge in [-0.1, -0.05) is 23.4 Å². The molecule has 0 bridgehead atoms. The summed E-state index contributed by atoms with van der Waals surface area (Å²) >= 11 is 0. The first kappa shape index (κ1) is 20.7. The first-order valence-corrected chi connectivity index (χ1v) is 9.49. The van der Waals surface area contributed by atoms with E-state index in [0.717, 1.165) is 4.90 Å². The van der Waals surface area contributed by atoms with Gasteiger partial charge in [0.1, 0.15) is 0 Å². The molecule has 2 N–H and O–H groups in total. The van der Waals surface area contributed by atoms with Gasteiger partial charge in [-0.25, -0.2) is 9.48 Å². The topological polar surface area (TPSA) is 152 Å². The molecule has 32 heavy (non-hydrogen) atoms. The Morgan fingerprint density at radius 1 is 1.22 bits per heavy atom. The number of nitro benzene ring substituents is 1. The summed E-state index contributed by atoms with van der Waals surface area (Å²) in [6.07, 6.45) is 0. The van der Waals surface area contributed by atoms with Gasteiger partial charge in [-0.3, -0.25) is 24.6 Å². The van der Waals surface area contributed by atoms with Crippen LogP contribution in [0.4, 0.5) is 16.2 Å². The number of rotatable bonds is 6. The number of nitro groups is 1. The van der Waals surface area contributed by atoms with Crippen LogP contribution in [0.2, 0.25) is 0 Å². The van der Waals surface area contributed by atoms with Gasteiger partial charge >= 0.3 is 6.03 Å². The number of non-ortho nitro benzene ring substituents is 1. The normalized spacial score (nSPS) is 13.2. The lowest BCUT2D eigenvalue weighted by molar-refractivity contribution is -0.384. The smallest absolute Gasteiger partial charge is 0.324 e. The highest BCUT2D eigenvalue weighted by Crippen LogP contribution is 2.20. The van der Waals surface area contributed by atoms with Gasteiger partial charge in [0.05, 0.1) is 29.4 Å². The van der Waals surface area contributed by atoms with E-state index >= 15 is 0 Å². The maximum absolute atomic E-state index is 12.8. The Hall–Kier alpha value is -4.61. The molecule has 2 heterocycles. The summed E-state index contributed by atoms with van der Waals surface area (Å²) < 4.78 is 1.34. The van der Waals surface area contributed by atoms with Gasteiger partial charge in [-0.2, -0.15) is 0 Å². The second-order valence-electron chi connectivity index (χ2n) is 7.01. The summed E-state index contributed by atoms with van der Waals surface area (Å²) in [7, 11) is 0. The molecule has 12 nitrogen and oxygen atoms in total. The number of hydrogen-bond acceptors (Lipinski definition) is 7. The number of anilines is 1. The monoisotopic (exact) mass is 435 g/mol. The van der Waals surface area contributed by atoms with Gasteiger partial charge in [0.25, 0.3) is 11.6 Å². The van der Waals surface area contributed by atoms with E-state index < -0.39 is 16.9 Å². The van der Waals surface area contributed by atoms with Crippen LogP contribution in [0, 0.1) is 17.0 Å². The zero-order chi connectivity index (χ0) is 22.8. The molecule has 3 aromatic rings. The zero-order valence-electron chi connectivity index (χ0n) is 16.8. The van der Waals surface area contributed by atoms with Crippen molar-refractivity contribution in [3.63, 3.8) is 0 Å². The van der Waals surface area contributed by atoms with Crippen molar-refractivity contribution in [3.05, 3.63) is 75.6 Å². The third-order valence-corrected chi connectivity index (χ3v) is 4.86. The molecule has 4 amide bonds. The van der Waals surface area contributed by atoms with Crippen LogP contribution in [0.1, 0.15) is 21.7 Å². The molecule has 2 aromatic carbocycles. The van der Waals surface area contributed by atoms with Crippen LogP contribution in [0.3, 0.4) is 0 Å². The van der Waals surface area contributed by atoms with Crippen molar-refractivity contribution in [2.75, 3.05) is 11.9 Å². The third-order valence-electron chi connectivity index (χ3n) is 4.86. The minimum atomic E-state index is -0.522. The van der Waals surface area contributed by atoms with Crippen LogP contribution in [-0.4, -0.2) is 49.2 Å². The number of nitrogens with zero attached hydrogens (tertiary/aromatic N) is 5. The van der Waals surface area contributed by atoms with E-state index in [-0.39, 0.29) is 30.4 Å². The standard InChI is InChI=1S/C20H17N7O5/c1-12-18(23-24-26(12)15-6-3-7-16(9-15)27(31)32)19(29)22-14-5-2-4-13(8-14)11-25-17(28)10-21-20(25)30/h2-9H,10-11H2,1H3,(H,21,30)(H,22,29). The van der Waals surface area contributed by atoms with E-state index in [0.29, 0.717) is 22.6 Å². The first-order valence-electron chi connectivity index (χ1n) is 9.49. The molecule has 1 saturated heterocycles. The molecule has 1 aliphatic rings. The fourth-order valence-electron chi connectivity index (χ4n) is 3.26. The molecule has 162 valence electrons. The average molecular weight is 435 g/mol. The number of hydrogen-bond donors (Lipinski definition) is 2. The predicted octanol–water partition coefficient (Wildman–Crippen LogP) is 1.79. The number of nitrogens with one attached hydrogen (secondary N) is 2. The van der Waals surface area contributed by atoms with Gasteiger partial charge in [0, 0.05) is 17.8 Å². The molecule has 0 saturated carbocycles. The second kappa shape index (κ2) is 8.26. The van der Waals surface area contributed by atoms with E-state index in [4.69, 9.17) is 0 Å². The summed E-state index contributed by atoms with van der Waals surface area (Å²) in [5.74, 6) is -0.843. The average Bonchev–Trinajstić information content (AvgIpc) is 3.31. The van der Waals surface area contributed by atoms with E-state index in [1.54, 1.807) is 37.3 Å². The Morgan fingerprint density at radius 2 is 2.00 bits per heavy atom. The number of imide groups is 1. The quantitative estimate of drug-likeness (QED) is 0.340. The molecule has 12 heteroatoms. The number of carbonyl (C=O) groups is 3. The Balaban J connectivity index is 1.52. The number of amides is 4. The number of benzene rings is 2.